The molecule has 4 heteroatoms. The van der Waals surface area contributed by atoms with Crippen LogP contribution in [0.4, 0.5) is 4.39 Å². The Morgan fingerprint density at radius 2 is 1.87 bits per heavy atom. The summed E-state index contributed by atoms with van der Waals surface area (Å²) < 4.78 is 20.5. The molecule has 2 aromatic carbocycles. The Hall–Kier alpha value is -2.36. The SMILES string of the molecule is Cc1ccc(C)c(Oc2cccc(F)c2C2=NCCCN2)c1C. The fraction of sp³-hybridized carbons (Fsp3) is 0.316. The Balaban J connectivity index is 2.06. The third-order valence-corrected chi connectivity index (χ3v) is 4.20. The van der Waals surface area contributed by atoms with Crippen LogP contribution in [0.3, 0.4) is 0 Å². The molecule has 3 nitrogen and oxygen atoms in total. The van der Waals surface area contributed by atoms with E-state index < -0.39 is 0 Å². The molecule has 1 aliphatic heterocycles. The molecule has 0 unspecified atom stereocenters. The average Bonchev–Trinajstić information content (AvgIpc) is 2.56. The van der Waals surface area contributed by atoms with Gasteiger partial charge in [0.2, 0.25) is 0 Å². The molecule has 0 radical (unpaired) electrons. The zero-order valence-corrected chi connectivity index (χ0v) is 13.7. The lowest BCUT2D eigenvalue weighted by Gasteiger charge is -2.20. The van der Waals surface area contributed by atoms with Crippen molar-refractivity contribution in [3.05, 3.63) is 58.4 Å². The number of amidine groups is 1. The van der Waals surface area contributed by atoms with Crippen molar-refractivity contribution < 1.29 is 9.13 Å². The van der Waals surface area contributed by atoms with Gasteiger partial charge in [0.1, 0.15) is 23.2 Å². The molecule has 1 aliphatic rings. The summed E-state index contributed by atoms with van der Waals surface area (Å²) in [6.45, 7) is 7.57. The molecule has 0 saturated carbocycles. The summed E-state index contributed by atoms with van der Waals surface area (Å²) in [5, 5.41) is 3.17. The molecule has 1 heterocycles. The topological polar surface area (TPSA) is 33.6 Å². The van der Waals surface area contributed by atoms with E-state index in [9.17, 15) is 4.39 Å². The number of ether oxygens (including phenoxy) is 1. The molecule has 0 aromatic heterocycles. The highest BCUT2D eigenvalue weighted by Crippen LogP contribution is 2.33. The summed E-state index contributed by atoms with van der Waals surface area (Å²) in [5.74, 6) is 1.54. The molecule has 120 valence electrons. The van der Waals surface area contributed by atoms with Crippen LogP contribution in [0.2, 0.25) is 0 Å². The number of aryl methyl sites for hydroxylation is 2. The van der Waals surface area contributed by atoms with E-state index in [-0.39, 0.29) is 5.82 Å². The molecule has 3 rings (SSSR count). The summed E-state index contributed by atoms with van der Waals surface area (Å²) in [5.41, 5.74) is 3.66. The zero-order valence-electron chi connectivity index (χ0n) is 13.7. The van der Waals surface area contributed by atoms with Crippen molar-refractivity contribution in [1.82, 2.24) is 5.32 Å². The van der Waals surface area contributed by atoms with Crippen LogP contribution in [0.15, 0.2) is 35.3 Å². The van der Waals surface area contributed by atoms with Crippen LogP contribution in [0, 0.1) is 26.6 Å². The van der Waals surface area contributed by atoms with Crippen LogP contribution in [0.25, 0.3) is 0 Å². The standard InChI is InChI=1S/C19H21FN2O/c1-12-8-9-13(2)18(14(12)3)23-16-7-4-6-15(20)17(16)19-21-10-5-11-22-19/h4,6-9H,5,10-11H2,1-3H3,(H,21,22). The van der Waals surface area contributed by atoms with Gasteiger partial charge in [0.15, 0.2) is 0 Å². The van der Waals surface area contributed by atoms with Crippen molar-refractivity contribution in [2.45, 2.75) is 27.2 Å². The van der Waals surface area contributed by atoms with Gasteiger partial charge in [0.05, 0.1) is 5.56 Å². The molecule has 0 fully saturated rings. The first kappa shape index (κ1) is 15.5. The van der Waals surface area contributed by atoms with Crippen LogP contribution >= 0.6 is 0 Å². The summed E-state index contributed by atoms with van der Waals surface area (Å²) in [7, 11) is 0. The van der Waals surface area contributed by atoms with Crippen LogP contribution in [-0.2, 0) is 0 Å². The van der Waals surface area contributed by atoms with Gasteiger partial charge >= 0.3 is 0 Å². The van der Waals surface area contributed by atoms with Gasteiger partial charge in [-0.25, -0.2) is 4.39 Å². The highest BCUT2D eigenvalue weighted by atomic mass is 19.1. The summed E-state index contributed by atoms with van der Waals surface area (Å²) in [4.78, 5) is 4.41. The van der Waals surface area contributed by atoms with Crippen LogP contribution in [0.1, 0.15) is 28.7 Å². The molecule has 1 N–H and O–H groups in total. The van der Waals surface area contributed by atoms with Crippen molar-refractivity contribution >= 4 is 5.84 Å². The van der Waals surface area contributed by atoms with Crippen LogP contribution < -0.4 is 10.1 Å². The van der Waals surface area contributed by atoms with Crippen LogP contribution in [0.5, 0.6) is 11.5 Å². The summed E-state index contributed by atoms with van der Waals surface area (Å²) >= 11 is 0. The van der Waals surface area contributed by atoms with E-state index in [0.29, 0.717) is 23.7 Å². The number of hydrogen-bond donors (Lipinski definition) is 1. The minimum Gasteiger partial charge on any atom is -0.456 e. The fourth-order valence-electron chi connectivity index (χ4n) is 2.71. The van der Waals surface area contributed by atoms with E-state index in [1.54, 1.807) is 12.1 Å². The first-order valence-corrected chi connectivity index (χ1v) is 7.90. The molecule has 0 spiro atoms. The molecule has 0 atom stereocenters. The lowest BCUT2D eigenvalue weighted by molar-refractivity contribution is 0.467. The average molecular weight is 312 g/mol. The van der Waals surface area contributed by atoms with E-state index in [1.165, 1.54) is 6.07 Å². The predicted molar refractivity (Wildman–Crippen MR) is 91.2 cm³/mol. The molecular formula is C19H21FN2O. The molecule has 0 amide bonds. The van der Waals surface area contributed by atoms with Gasteiger partial charge in [-0.2, -0.15) is 0 Å². The molecule has 0 bridgehead atoms. The number of hydrogen-bond acceptors (Lipinski definition) is 3. The van der Waals surface area contributed by atoms with Crippen molar-refractivity contribution in [2.24, 2.45) is 4.99 Å². The van der Waals surface area contributed by atoms with Gasteiger partial charge in [0, 0.05) is 13.1 Å². The predicted octanol–water partition coefficient (Wildman–Crippen LogP) is 4.28. The van der Waals surface area contributed by atoms with Gasteiger partial charge in [-0.15, -0.1) is 0 Å². The normalized spacial score (nSPS) is 14.2. The Labute approximate surface area is 136 Å². The highest BCUT2D eigenvalue weighted by molar-refractivity contribution is 6.01. The lowest BCUT2D eigenvalue weighted by atomic mass is 10.0. The molecular weight excluding hydrogens is 291 g/mol. The second kappa shape index (κ2) is 6.41. The van der Waals surface area contributed by atoms with Crippen LogP contribution in [-0.4, -0.2) is 18.9 Å². The second-order valence-corrected chi connectivity index (χ2v) is 5.88. The van der Waals surface area contributed by atoms with E-state index in [1.807, 2.05) is 26.8 Å². The van der Waals surface area contributed by atoms with Gasteiger partial charge < -0.3 is 10.1 Å². The Bertz CT molecular complexity index is 768. The van der Waals surface area contributed by atoms with Crippen molar-refractivity contribution in [3.63, 3.8) is 0 Å². The summed E-state index contributed by atoms with van der Waals surface area (Å²) in [6.07, 6.45) is 0.963. The third-order valence-electron chi connectivity index (χ3n) is 4.20. The number of aliphatic imine (C=N–C) groups is 1. The smallest absolute Gasteiger partial charge is 0.141 e. The van der Waals surface area contributed by atoms with E-state index in [0.717, 1.165) is 35.4 Å². The van der Waals surface area contributed by atoms with E-state index >= 15 is 0 Å². The fourth-order valence-corrected chi connectivity index (χ4v) is 2.71. The zero-order chi connectivity index (χ0) is 16.4. The van der Waals surface area contributed by atoms with Crippen molar-refractivity contribution in [2.75, 3.05) is 13.1 Å². The minimum absolute atomic E-state index is 0.321. The molecule has 0 saturated heterocycles. The summed E-state index contributed by atoms with van der Waals surface area (Å²) in [6, 6.07) is 8.98. The lowest BCUT2D eigenvalue weighted by Crippen LogP contribution is -2.31. The quantitative estimate of drug-likeness (QED) is 0.917. The van der Waals surface area contributed by atoms with E-state index in [2.05, 4.69) is 16.4 Å². The van der Waals surface area contributed by atoms with Crippen molar-refractivity contribution in [1.29, 1.82) is 0 Å². The number of benzene rings is 2. The monoisotopic (exact) mass is 312 g/mol. The van der Waals surface area contributed by atoms with Crippen molar-refractivity contribution in [3.8, 4) is 11.5 Å². The Morgan fingerprint density at radius 3 is 2.61 bits per heavy atom. The maximum Gasteiger partial charge on any atom is 0.141 e. The largest absolute Gasteiger partial charge is 0.456 e. The van der Waals surface area contributed by atoms with Gasteiger partial charge in [-0.05, 0) is 56.0 Å². The second-order valence-electron chi connectivity index (χ2n) is 5.88. The minimum atomic E-state index is -0.321. The number of rotatable bonds is 3. The van der Waals surface area contributed by atoms with Gasteiger partial charge in [-0.1, -0.05) is 18.2 Å². The third kappa shape index (κ3) is 3.07. The van der Waals surface area contributed by atoms with E-state index in [4.69, 9.17) is 4.74 Å². The number of nitrogens with zero attached hydrogens (tertiary/aromatic N) is 1. The number of halogens is 1. The first-order valence-electron chi connectivity index (χ1n) is 7.90. The Kier molecular flexibility index (Phi) is 4.33. The Morgan fingerprint density at radius 1 is 1.09 bits per heavy atom. The van der Waals surface area contributed by atoms with Gasteiger partial charge in [-0.3, -0.25) is 4.99 Å². The molecule has 2 aromatic rings. The molecule has 23 heavy (non-hydrogen) atoms. The number of nitrogens with one attached hydrogen (secondary N) is 1. The first-order chi connectivity index (χ1) is 11.1. The maximum absolute atomic E-state index is 14.4. The maximum atomic E-state index is 14.4. The molecule has 0 aliphatic carbocycles. The van der Waals surface area contributed by atoms with Gasteiger partial charge in [0.25, 0.3) is 0 Å². The highest BCUT2D eigenvalue weighted by Gasteiger charge is 2.19.